The van der Waals surface area contributed by atoms with E-state index in [1.165, 1.54) is 88.7 Å². The van der Waals surface area contributed by atoms with Gasteiger partial charge in [0, 0.05) is 27.6 Å². The smallest absolute Gasteiger partial charge is 0.0540 e. The lowest BCUT2D eigenvalue weighted by molar-refractivity contribution is 0.660. The van der Waals surface area contributed by atoms with Crippen LogP contribution in [0.25, 0.3) is 66.4 Å². The summed E-state index contributed by atoms with van der Waals surface area (Å²) in [5.41, 5.74) is 21.4. The van der Waals surface area contributed by atoms with Gasteiger partial charge in [-0.05, 0) is 120 Å². The van der Waals surface area contributed by atoms with Crippen molar-refractivity contribution in [2.75, 3.05) is 4.90 Å². The average molecular weight is 756 g/mol. The molecule has 0 atom stereocenters. The summed E-state index contributed by atoms with van der Waals surface area (Å²) in [6.07, 6.45) is 0. The summed E-state index contributed by atoms with van der Waals surface area (Å²) >= 11 is 0. The van der Waals surface area contributed by atoms with Crippen molar-refractivity contribution >= 4 is 27.8 Å². The molecule has 0 N–H and O–H groups in total. The van der Waals surface area contributed by atoms with Gasteiger partial charge in [0.1, 0.15) is 0 Å². The molecule has 59 heavy (non-hydrogen) atoms. The van der Waals surface area contributed by atoms with Gasteiger partial charge in [-0.15, -0.1) is 0 Å². The fourth-order valence-corrected chi connectivity index (χ4v) is 10.2. The van der Waals surface area contributed by atoms with Crippen LogP contribution in [0.5, 0.6) is 0 Å². The molecule has 282 valence electrons. The number of hydrogen-bond donors (Lipinski definition) is 0. The SMILES string of the molecule is CC1(C)c2ccccc2-c2ccc(-c3ccc(N(c4ccccc4-c4ccccc4)c4ccccc4-c4cccc5c4-c4cc6ccccc6cc4C5(C)C)cc3)cc21. The summed E-state index contributed by atoms with van der Waals surface area (Å²) in [6.45, 7) is 9.47. The van der Waals surface area contributed by atoms with Crippen LogP contribution in [0.15, 0.2) is 200 Å². The van der Waals surface area contributed by atoms with Gasteiger partial charge < -0.3 is 4.90 Å². The summed E-state index contributed by atoms with van der Waals surface area (Å²) in [4.78, 5) is 2.48. The minimum atomic E-state index is -0.134. The number of benzene rings is 9. The third-order valence-corrected chi connectivity index (χ3v) is 13.3. The van der Waals surface area contributed by atoms with Gasteiger partial charge in [0.2, 0.25) is 0 Å². The zero-order valence-electron chi connectivity index (χ0n) is 34.0. The van der Waals surface area contributed by atoms with Crippen molar-refractivity contribution in [2.24, 2.45) is 0 Å². The summed E-state index contributed by atoms with van der Waals surface area (Å²) in [6, 6.07) is 74.3. The summed E-state index contributed by atoms with van der Waals surface area (Å²) in [5.74, 6) is 0. The van der Waals surface area contributed by atoms with Crippen LogP contribution in [0.4, 0.5) is 17.1 Å². The average Bonchev–Trinajstić information content (AvgIpc) is 3.65. The fraction of sp³-hybridized carbons (Fsp3) is 0.103. The lowest BCUT2D eigenvalue weighted by Gasteiger charge is -2.30. The second-order valence-corrected chi connectivity index (χ2v) is 17.3. The molecule has 0 heterocycles. The first-order valence-corrected chi connectivity index (χ1v) is 20.8. The van der Waals surface area contributed by atoms with Gasteiger partial charge in [-0.1, -0.05) is 185 Å². The summed E-state index contributed by atoms with van der Waals surface area (Å²) in [5, 5.41) is 2.56. The minimum Gasteiger partial charge on any atom is -0.309 e. The Morgan fingerprint density at radius 1 is 0.305 bits per heavy atom. The number of nitrogens with zero attached hydrogens (tertiary/aromatic N) is 1. The van der Waals surface area contributed by atoms with Gasteiger partial charge in [0.25, 0.3) is 0 Å². The van der Waals surface area contributed by atoms with Crippen molar-refractivity contribution in [2.45, 2.75) is 38.5 Å². The van der Waals surface area contributed by atoms with Crippen LogP contribution in [0.3, 0.4) is 0 Å². The molecule has 0 unspecified atom stereocenters. The van der Waals surface area contributed by atoms with Crippen LogP contribution < -0.4 is 4.90 Å². The standard InChI is InChI=1S/C58H45N/c1-57(2)50-25-13-10-22-45(50)46-34-31-42(37-52(46)57)38-29-32-43(33-30-38)59(54-27-14-11-21-44(54)39-17-6-5-7-18-39)55-28-15-12-23-47(55)48-24-16-26-51-56(48)49-35-40-19-8-9-20-41(40)36-53(49)58(51,3)4/h5-37H,1-4H3. The molecule has 9 aromatic rings. The van der Waals surface area contributed by atoms with Crippen molar-refractivity contribution in [3.63, 3.8) is 0 Å². The predicted octanol–water partition coefficient (Wildman–Crippen LogP) is 15.9. The molecule has 0 saturated heterocycles. The Hall–Kier alpha value is -6.96. The van der Waals surface area contributed by atoms with E-state index in [9.17, 15) is 0 Å². The van der Waals surface area contributed by atoms with Gasteiger partial charge in [0.05, 0.1) is 11.4 Å². The van der Waals surface area contributed by atoms with Crippen LogP contribution in [0.2, 0.25) is 0 Å². The minimum absolute atomic E-state index is 0.0516. The molecule has 11 rings (SSSR count). The second-order valence-electron chi connectivity index (χ2n) is 17.3. The lowest BCUT2D eigenvalue weighted by atomic mass is 9.81. The Morgan fingerprint density at radius 2 is 0.831 bits per heavy atom. The van der Waals surface area contributed by atoms with E-state index < -0.39 is 0 Å². The van der Waals surface area contributed by atoms with Crippen molar-refractivity contribution in [1.29, 1.82) is 0 Å². The van der Waals surface area contributed by atoms with E-state index in [-0.39, 0.29) is 10.8 Å². The topological polar surface area (TPSA) is 3.24 Å². The van der Waals surface area contributed by atoms with E-state index in [4.69, 9.17) is 0 Å². The zero-order valence-corrected chi connectivity index (χ0v) is 34.0. The Kier molecular flexibility index (Phi) is 7.94. The maximum absolute atomic E-state index is 2.48. The highest BCUT2D eigenvalue weighted by Crippen LogP contribution is 2.55. The first-order chi connectivity index (χ1) is 28.8. The quantitative estimate of drug-likeness (QED) is 0.163. The second kappa shape index (κ2) is 13.3. The number of anilines is 3. The van der Waals surface area contributed by atoms with Gasteiger partial charge in [0.15, 0.2) is 0 Å². The Balaban J connectivity index is 1.09. The van der Waals surface area contributed by atoms with Gasteiger partial charge in [-0.2, -0.15) is 0 Å². The molecule has 0 bridgehead atoms. The molecule has 1 nitrogen and oxygen atoms in total. The highest BCUT2D eigenvalue weighted by molar-refractivity contribution is 6.02. The van der Waals surface area contributed by atoms with Crippen molar-refractivity contribution in [3.8, 4) is 55.6 Å². The molecule has 0 aliphatic heterocycles. The molecule has 0 aromatic heterocycles. The van der Waals surface area contributed by atoms with Crippen molar-refractivity contribution < 1.29 is 0 Å². The predicted molar refractivity (Wildman–Crippen MR) is 250 cm³/mol. The molecule has 1 heteroatoms. The Bertz CT molecular complexity index is 3090. The van der Waals surface area contributed by atoms with E-state index in [2.05, 4.69) is 233 Å². The Labute approximate surface area is 347 Å². The highest BCUT2D eigenvalue weighted by Gasteiger charge is 2.38. The normalized spacial score (nSPS) is 14.0. The molecular weight excluding hydrogens is 711 g/mol. The van der Waals surface area contributed by atoms with Gasteiger partial charge in [-0.25, -0.2) is 0 Å². The van der Waals surface area contributed by atoms with Gasteiger partial charge >= 0.3 is 0 Å². The van der Waals surface area contributed by atoms with Gasteiger partial charge in [-0.3, -0.25) is 0 Å². The monoisotopic (exact) mass is 755 g/mol. The first-order valence-electron chi connectivity index (χ1n) is 20.8. The van der Waals surface area contributed by atoms with Crippen molar-refractivity contribution in [3.05, 3.63) is 222 Å². The number of hydrogen-bond acceptors (Lipinski definition) is 1. The summed E-state index contributed by atoms with van der Waals surface area (Å²) < 4.78 is 0. The third kappa shape index (κ3) is 5.45. The number of para-hydroxylation sites is 2. The molecule has 0 spiro atoms. The van der Waals surface area contributed by atoms with Crippen LogP contribution in [-0.2, 0) is 10.8 Å². The third-order valence-electron chi connectivity index (χ3n) is 13.3. The molecule has 0 amide bonds. The van der Waals surface area contributed by atoms with Crippen LogP contribution in [-0.4, -0.2) is 0 Å². The molecule has 0 fully saturated rings. The molecule has 0 radical (unpaired) electrons. The summed E-state index contributed by atoms with van der Waals surface area (Å²) in [7, 11) is 0. The zero-order chi connectivity index (χ0) is 39.9. The van der Waals surface area contributed by atoms with E-state index >= 15 is 0 Å². The highest BCUT2D eigenvalue weighted by atomic mass is 15.1. The molecule has 0 saturated carbocycles. The number of fused-ring (bicyclic) bond motifs is 7. The molecular formula is C58H45N. The molecule has 9 aromatic carbocycles. The fourth-order valence-electron chi connectivity index (χ4n) is 10.2. The maximum atomic E-state index is 2.48. The van der Waals surface area contributed by atoms with E-state index in [0.29, 0.717) is 0 Å². The molecule has 2 aliphatic carbocycles. The lowest BCUT2D eigenvalue weighted by Crippen LogP contribution is -2.15. The van der Waals surface area contributed by atoms with Crippen molar-refractivity contribution in [1.82, 2.24) is 0 Å². The van der Waals surface area contributed by atoms with Crippen LogP contribution in [0.1, 0.15) is 49.9 Å². The Morgan fingerprint density at radius 3 is 1.59 bits per heavy atom. The first kappa shape index (κ1) is 35.2. The molecule has 2 aliphatic rings. The van der Waals surface area contributed by atoms with E-state index in [1.807, 2.05) is 0 Å². The largest absolute Gasteiger partial charge is 0.309 e. The van der Waals surface area contributed by atoms with Crippen LogP contribution >= 0.6 is 0 Å². The number of rotatable bonds is 6. The maximum Gasteiger partial charge on any atom is 0.0540 e. The van der Waals surface area contributed by atoms with E-state index in [1.54, 1.807) is 0 Å². The van der Waals surface area contributed by atoms with Crippen LogP contribution in [0, 0.1) is 0 Å². The van der Waals surface area contributed by atoms with E-state index in [0.717, 1.165) is 17.1 Å².